The topological polar surface area (TPSA) is 71.1 Å². The van der Waals surface area contributed by atoms with Crippen molar-refractivity contribution in [2.45, 2.75) is 31.5 Å². The molecule has 2 aromatic rings. The molecule has 7 heteroatoms. The maximum absolute atomic E-state index is 12.4. The molecule has 0 saturated heterocycles. The lowest BCUT2D eigenvalue weighted by molar-refractivity contribution is -0.119. The smallest absolute Gasteiger partial charge is 0.230 e. The summed E-state index contributed by atoms with van der Waals surface area (Å²) in [5.74, 6) is 0.156. The van der Waals surface area contributed by atoms with Crippen LogP contribution in [0.5, 0.6) is 0 Å². The normalized spacial score (nSPS) is 11.1. The van der Waals surface area contributed by atoms with Crippen LogP contribution in [0.4, 0.5) is 5.00 Å². The molecule has 0 unspecified atom stereocenters. The number of aromatic nitrogens is 1. The fraction of sp³-hybridized carbons (Fsp3) is 0.350. The third kappa shape index (κ3) is 7.19. The number of nitrogens with one attached hydrogen (secondary N) is 2. The van der Waals surface area contributed by atoms with Crippen molar-refractivity contribution in [2.24, 2.45) is 5.41 Å². The molecule has 1 aromatic carbocycles. The quantitative estimate of drug-likeness (QED) is 0.500. The molecule has 0 saturated carbocycles. The van der Waals surface area contributed by atoms with Crippen molar-refractivity contribution in [1.82, 2.24) is 10.3 Å². The second kappa shape index (κ2) is 9.71. The summed E-state index contributed by atoms with van der Waals surface area (Å²) >= 11 is 2.75. The summed E-state index contributed by atoms with van der Waals surface area (Å²) in [6, 6.07) is 9.72. The van der Waals surface area contributed by atoms with Crippen LogP contribution in [-0.4, -0.2) is 29.1 Å². The van der Waals surface area contributed by atoms with Gasteiger partial charge in [-0.25, -0.2) is 4.98 Å². The van der Waals surface area contributed by atoms with Crippen molar-refractivity contribution in [3.8, 4) is 11.3 Å². The highest BCUT2D eigenvalue weighted by Crippen LogP contribution is 2.38. The molecule has 0 aliphatic carbocycles. The molecule has 27 heavy (non-hydrogen) atoms. The number of thioether (sulfide) groups is 1. The molecule has 0 radical (unpaired) electrons. The number of anilines is 1. The lowest BCUT2D eigenvalue weighted by Crippen LogP contribution is -2.24. The van der Waals surface area contributed by atoms with E-state index in [2.05, 4.69) is 22.2 Å². The Bertz CT molecular complexity index is 795. The van der Waals surface area contributed by atoms with Crippen LogP contribution in [0.1, 0.15) is 27.2 Å². The maximum Gasteiger partial charge on any atom is 0.230 e. The van der Waals surface area contributed by atoms with Crippen LogP contribution < -0.4 is 10.6 Å². The lowest BCUT2D eigenvalue weighted by atomic mass is 9.92. The van der Waals surface area contributed by atoms with Crippen LogP contribution in [0.15, 0.2) is 47.3 Å². The third-order valence-electron chi connectivity index (χ3n) is 3.37. The number of nitrogens with zero attached hydrogens (tertiary/aromatic N) is 1. The molecule has 5 nitrogen and oxygen atoms in total. The standard InChI is InChI=1S/C20H25N3O2S2/c1-5-11-21-16(25)13-26-19-23-17(14-9-7-6-8-10-14)18(27-19)22-15(24)12-20(2,3)4/h5-10H,1,11-13H2,2-4H3,(H,21,25)(H,22,24). The Hall–Kier alpha value is -2.12. The van der Waals surface area contributed by atoms with Crippen LogP contribution >= 0.6 is 23.1 Å². The van der Waals surface area contributed by atoms with E-state index in [4.69, 9.17) is 0 Å². The molecule has 1 aromatic heterocycles. The van der Waals surface area contributed by atoms with Crippen LogP contribution in [0, 0.1) is 5.41 Å². The molecule has 2 N–H and O–H groups in total. The molecule has 0 atom stereocenters. The Morgan fingerprint density at radius 2 is 1.93 bits per heavy atom. The van der Waals surface area contributed by atoms with Crippen molar-refractivity contribution >= 4 is 39.9 Å². The fourth-order valence-electron chi connectivity index (χ4n) is 2.26. The second-order valence-electron chi connectivity index (χ2n) is 7.19. The predicted molar refractivity (Wildman–Crippen MR) is 114 cm³/mol. The molecule has 2 rings (SSSR count). The van der Waals surface area contributed by atoms with Crippen molar-refractivity contribution in [1.29, 1.82) is 0 Å². The van der Waals surface area contributed by atoms with Crippen molar-refractivity contribution < 1.29 is 9.59 Å². The van der Waals surface area contributed by atoms with E-state index >= 15 is 0 Å². The summed E-state index contributed by atoms with van der Waals surface area (Å²) in [6.45, 7) is 10.1. The van der Waals surface area contributed by atoms with Gasteiger partial charge in [-0.05, 0) is 5.41 Å². The van der Waals surface area contributed by atoms with E-state index in [1.165, 1.54) is 23.1 Å². The lowest BCUT2D eigenvalue weighted by Gasteiger charge is -2.17. The van der Waals surface area contributed by atoms with Crippen LogP contribution in [0.25, 0.3) is 11.3 Å². The van der Waals surface area contributed by atoms with E-state index < -0.39 is 0 Å². The largest absolute Gasteiger partial charge is 0.352 e. The minimum atomic E-state index is -0.0947. The molecule has 0 aliphatic rings. The fourth-order valence-corrected chi connectivity index (χ4v) is 4.17. The zero-order valence-electron chi connectivity index (χ0n) is 15.9. The number of rotatable bonds is 8. The van der Waals surface area contributed by atoms with Gasteiger partial charge in [0.05, 0.1) is 5.75 Å². The molecule has 144 valence electrons. The van der Waals surface area contributed by atoms with Gasteiger partial charge in [-0.2, -0.15) is 0 Å². The number of carbonyl (C=O) groups is 2. The van der Waals surface area contributed by atoms with E-state index in [-0.39, 0.29) is 23.0 Å². The second-order valence-corrected chi connectivity index (χ2v) is 9.41. The molecule has 0 fully saturated rings. The first kappa shape index (κ1) is 21.2. The van der Waals surface area contributed by atoms with Crippen molar-refractivity contribution in [3.05, 3.63) is 43.0 Å². The van der Waals surface area contributed by atoms with Crippen molar-refractivity contribution in [2.75, 3.05) is 17.6 Å². The number of hydrogen-bond acceptors (Lipinski definition) is 5. The Kier molecular flexibility index (Phi) is 7.62. The highest BCUT2D eigenvalue weighted by molar-refractivity contribution is 8.01. The minimum absolute atomic E-state index is 0.0383. The van der Waals surface area contributed by atoms with Crippen LogP contribution in [0.3, 0.4) is 0 Å². The zero-order chi connectivity index (χ0) is 19.9. The summed E-state index contributed by atoms with van der Waals surface area (Å²) in [6.07, 6.45) is 2.06. The average molecular weight is 404 g/mol. The molecular weight excluding hydrogens is 378 g/mol. The van der Waals surface area contributed by atoms with E-state index in [1.807, 2.05) is 51.1 Å². The summed E-state index contributed by atoms with van der Waals surface area (Å²) in [5.41, 5.74) is 1.57. The van der Waals surface area contributed by atoms with Gasteiger partial charge in [-0.15, -0.1) is 6.58 Å². The van der Waals surface area contributed by atoms with E-state index in [0.29, 0.717) is 18.0 Å². The van der Waals surface area contributed by atoms with Crippen LogP contribution in [0.2, 0.25) is 0 Å². The molecule has 0 aliphatic heterocycles. The number of amides is 2. The van der Waals surface area contributed by atoms with Gasteiger partial charge in [0.15, 0.2) is 4.34 Å². The van der Waals surface area contributed by atoms with Gasteiger partial charge in [0.25, 0.3) is 0 Å². The Balaban J connectivity index is 2.17. The number of carbonyl (C=O) groups excluding carboxylic acids is 2. The molecule has 0 spiro atoms. The van der Waals surface area contributed by atoms with Gasteiger partial charge >= 0.3 is 0 Å². The van der Waals surface area contributed by atoms with Crippen molar-refractivity contribution in [3.63, 3.8) is 0 Å². The first-order valence-electron chi connectivity index (χ1n) is 8.65. The van der Waals surface area contributed by atoms with Gasteiger partial charge in [0.1, 0.15) is 10.7 Å². The number of benzene rings is 1. The summed E-state index contributed by atoms with van der Waals surface area (Å²) in [7, 11) is 0. The first-order valence-corrected chi connectivity index (χ1v) is 10.4. The van der Waals surface area contributed by atoms with Gasteiger partial charge < -0.3 is 10.6 Å². The Morgan fingerprint density at radius 3 is 2.56 bits per heavy atom. The van der Waals surface area contributed by atoms with E-state index in [0.717, 1.165) is 15.6 Å². The molecule has 1 heterocycles. The maximum atomic E-state index is 12.4. The number of hydrogen-bond donors (Lipinski definition) is 2. The monoisotopic (exact) mass is 403 g/mol. The number of thiazole rings is 1. The third-order valence-corrected chi connectivity index (χ3v) is 5.48. The van der Waals surface area contributed by atoms with Crippen LogP contribution in [-0.2, 0) is 9.59 Å². The molecular formula is C20H25N3O2S2. The first-order chi connectivity index (χ1) is 12.8. The van der Waals surface area contributed by atoms with Gasteiger partial charge in [-0.3, -0.25) is 9.59 Å². The minimum Gasteiger partial charge on any atom is -0.352 e. The Morgan fingerprint density at radius 1 is 1.22 bits per heavy atom. The Labute approximate surface area is 168 Å². The molecule has 0 bridgehead atoms. The van der Waals surface area contributed by atoms with Gasteiger partial charge in [0, 0.05) is 18.5 Å². The molecule has 2 amide bonds. The average Bonchev–Trinajstić information content (AvgIpc) is 2.99. The summed E-state index contributed by atoms with van der Waals surface area (Å²) in [4.78, 5) is 28.8. The zero-order valence-corrected chi connectivity index (χ0v) is 17.5. The highest BCUT2D eigenvalue weighted by atomic mass is 32.2. The highest BCUT2D eigenvalue weighted by Gasteiger charge is 2.20. The summed E-state index contributed by atoms with van der Waals surface area (Å²) in [5, 5.41) is 6.45. The van der Waals surface area contributed by atoms with E-state index in [9.17, 15) is 9.59 Å². The summed E-state index contributed by atoms with van der Waals surface area (Å²) < 4.78 is 0.744. The predicted octanol–water partition coefficient (Wildman–Crippen LogP) is 4.58. The SMILES string of the molecule is C=CCNC(=O)CSc1nc(-c2ccccc2)c(NC(=O)CC(C)(C)C)s1. The van der Waals surface area contributed by atoms with Gasteiger partial charge in [0.2, 0.25) is 11.8 Å². The van der Waals surface area contributed by atoms with Gasteiger partial charge in [-0.1, -0.05) is 80.3 Å². The van der Waals surface area contributed by atoms with E-state index in [1.54, 1.807) is 6.08 Å².